The molecule has 1 N–H and O–H groups in total. The lowest BCUT2D eigenvalue weighted by Gasteiger charge is -2.10. The fraction of sp³-hybridized carbons (Fsp3) is 0.375. The first kappa shape index (κ1) is 8.74. The van der Waals surface area contributed by atoms with Gasteiger partial charge in [0.1, 0.15) is 6.54 Å². The second kappa shape index (κ2) is 3.13. The molecule has 2 rings (SSSR count). The Morgan fingerprint density at radius 1 is 1.57 bits per heavy atom. The number of nitrogens with one attached hydrogen (secondary N) is 1. The van der Waals surface area contributed by atoms with Gasteiger partial charge in [0.15, 0.2) is 0 Å². The number of hydrogen-bond acceptors (Lipinski definition) is 3. The summed E-state index contributed by atoms with van der Waals surface area (Å²) in [5.41, 5.74) is 0.775. The van der Waals surface area contributed by atoms with Gasteiger partial charge in [-0.15, -0.1) is 0 Å². The zero-order chi connectivity index (χ0) is 10.1. The number of aromatic nitrogens is 2. The minimum absolute atomic E-state index is 0.120. The molecule has 1 saturated heterocycles. The highest BCUT2D eigenvalue weighted by atomic mass is 16.2. The Hall–Kier alpha value is -1.85. The number of urea groups is 1. The molecule has 0 radical (unpaired) electrons. The molecular formula is C8H10N4O2. The summed E-state index contributed by atoms with van der Waals surface area (Å²) in [5.74, 6) is -0.258. The fourth-order valence-electron chi connectivity index (χ4n) is 1.35. The number of carbonyl (C=O) groups excluding carboxylic acids is 2. The molecule has 6 heteroatoms. The molecule has 74 valence electrons. The van der Waals surface area contributed by atoms with Crippen molar-refractivity contribution in [2.75, 3.05) is 6.54 Å². The first-order valence-corrected chi connectivity index (χ1v) is 4.22. The highest BCUT2D eigenvalue weighted by molar-refractivity contribution is 6.01. The second-order valence-corrected chi connectivity index (χ2v) is 3.19. The average molecular weight is 194 g/mol. The molecule has 0 spiro atoms. The molecule has 1 aromatic heterocycles. The van der Waals surface area contributed by atoms with E-state index in [1.807, 2.05) is 6.07 Å². The van der Waals surface area contributed by atoms with Crippen LogP contribution < -0.4 is 5.32 Å². The van der Waals surface area contributed by atoms with Crippen molar-refractivity contribution in [3.05, 3.63) is 18.0 Å². The van der Waals surface area contributed by atoms with Crippen molar-refractivity contribution in [1.29, 1.82) is 0 Å². The maximum atomic E-state index is 11.2. The highest BCUT2D eigenvalue weighted by Crippen LogP contribution is 2.05. The molecule has 0 atom stereocenters. The summed E-state index contributed by atoms with van der Waals surface area (Å²) in [7, 11) is 1.80. The molecule has 0 aliphatic carbocycles. The van der Waals surface area contributed by atoms with E-state index in [0.29, 0.717) is 6.54 Å². The Morgan fingerprint density at radius 3 is 2.86 bits per heavy atom. The van der Waals surface area contributed by atoms with Crippen LogP contribution in [-0.4, -0.2) is 33.2 Å². The van der Waals surface area contributed by atoms with E-state index in [9.17, 15) is 9.59 Å². The van der Waals surface area contributed by atoms with Crippen LogP contribution in [0.3, 0.4) is 0 Å². The number of imide groups is 1. The van der Waals surface area contributed by atoms with Crippen molar-refractivity contribution in [3.8, 4) is 0 Å². The third-order valence-corrected chi connectivity index (χ3v) is 1.99. The molecule has 1 aliphatic rings. The molecule has 6 nitrogen and oxygen atoms in total. The standard InChI is InChI=1S/C8H10N4O2/c1-11-3-2-6(10-11)4-12-5-7(13)9-8(12)14/h2-3H,4-5H2,1H3,(H,9,13,14). The van der Waals surface area contributed by atoms with E-state index >= 15 is 0 Å². The van der Waals surface area contributed by atoms with Crippen LogP contribution in [0, 0.1) is 0 Å². The fourth-order valence-corrected chi connectivity index (χ4v) is 1.35. The maximum Gasteiger partial charge on any atom is 0.324 e. The van der Waals surface area contributed by atoms with E-state index < -0.39 is 0 Å². The van der Waals surface area contributed by atoms with E-state index in [-0.39, 0.29) is 18.5 Å². The highest BCUT2D eigenvalue weighted by Gasteiger charge is 2.26. The largest absolute Gasteiger partial charge is 0.324 e. The molecule has 0 saturated carbocycles. The molecule has 1 aliphatic heterocycles. The second-order valence-electron chi connectivity index (χ2n) is 3.19. The van der Waals surface area contributed by atoms with Gasteiger partial charge in [-0.05, 0) is 6.07 Å². The Kier molecular flexibility index (Phi) is 1.95. The van der Waals surface area contributed by atoms with Crippen molar-refractivity contribution in [1.82, 2.24) is 20.0 Å². The summed E-state index contributed by atoms with van der Waals surface area (Å²) in [4.78, 5) is 23.4. The normalized spacial score (nSPS) is 16.2. The molecule has 0 bridgehead atoms. The Labute approximate surface area is 80.5 Å². The van der Waals surface area contributed by atoms with Crippen LogP contribution in [0.1, 0.15) is 5.69 Å². The molecule has 1 aromatic rings. The summed E-state index contributed by atoms with van der Waals surface area (Å²) >= 11 is 0. The maximum absolute atomic E-state index is 11.2. The quantitative estimate of drug-likeness (QED) is 0.644. The number of nitrogens with zero attached hydrogens (tertiary/aromatic N) is 3. The van der Waals surface area contributed by atoms with Crippen molar-refractivity contribution in [2.45, 2.75) is 6.54 Å². The molecular weight excluding hydrogens is 184 g/mol. The van der Waals surface area contributed by atoms with Gasteiger partial charge >= 0.3 is 6.03 Å². The summed E-state index contributed by atoms with van der Waals surface area (Å²) in [6.07, 6.45) is 1.80. The van der Waals surface area contributed by atoms with Crippen LogP contribution in [0.2, 0.25) is 0 Å². The van der Waals surface area contributed by atoms with Crippen LogP contribution >= 0.6 is 0 Å². The van der Waals surface area contributed by atoms with E-state index in [4.69, 9.17) is 0 Å². The zero-order valence-corrected chi connectivity index (χ0v) is 7.73. The summed E-state index contributed by atoms with van der Waals surface area (Å²) < 4.78 is 1.66. The van der Waals surface area contributed by atoms with Gasteiger partial charge < -0.3 is 4.90 Å². The SMILES string of the molecule is Cn1ccc(CN2CC(=O)NC2=O)n1. The topological polar surface area (TPSA) is 67.2 Å². The van der Waals surface area contributed by atoms with Gasteiger partial charge in [0.25, 0.3) is 0 Å². The minimum atomic E-state index is -0.347. The molecule has 2 heterocycles. The predicted molar refractivity (Wildman–Crippen MR) is 47.2 cm³/mol. The number of amides is 3. The molecule has 14 heavy (non-hydrogen) atoms. The first-order chi connectivity index (χ1) is 6.65. The predicted octanol–water partition coefficient (Wildman–Crippen LogP) is -0.528. The Morgan fingerprint density at radius 2 is 2.36 bits per heavy atom. The van der Waals surface area contributed by atoms with Crippen LogP contribution in [0.25, 0.3) is 0 Å². The van der Waals surface area contributed by atoms with Crippen LogP contribution in [0.15, 0.2) is 12.3 Å². The molecule has 3 amide bonds. The minimum Gasteiger partial charge on any atom is -0.309 e. The van der Waals surface area contributed by atoms with Gasteiger partial charge in [-0.3, -0.25) is 14.8 Å². The van der Waals surface area contributed by atoms with Crippen molar-refractivity contribution in [2.24, 2.45) is 7.05 Å². The molecule has 0 unspecified atom stereocenters. The van der Waals surface area contributed by atoms with Crippen LogP contribution in [0.5, 0.6) is 0 Å². The average Bonchev–Trinajstić information content (AvgIpc) is 2.61. The Balaban J connectivity index is 2.05. The van der Waals surface area contributed by atoms with Gasteiger partial charge in [-0.2, -0.15) is 5.10 Å². The van der Waals surface area contributed by atoms with E-state index in [1.165, 1.54) is 4.90 Å². The number of hydrogen-bond donors (Lipinski definition) is 1. The number of rotatable bonds is 2. The summed E-state index contributed by atoms with van der Waals surface area (Å²) in [6, 6.07) is 1.47. The van der Waals surface area contributed by atoms with E-state index in [1.54, 1.807) is 17.9 Å². The number of carbonyl (C=O) groups is 2. The third-order valence-electron chi connectivity index (χ3n) is 1.99. The van der Waals surface area contributed by atoms with Crippen molar-refractivity contribution < 1.29 is 9.59 Å². The first-order valence-electron chi connectivity index (χ1n) is 4.22. The van der Waals surface area contributed by atoms with Crippen molar-refractivity contribution in [3.63, 3.8) is 0 Å². The van der Waals surface area contributed by atoms with Gasteiger partial charge in [-0.25, -0.2) is 4.79 Å². The smallest absolute Gasteiger partial charge is 0.309 e. The molecule has 1 fully saturated rings. The van der Waals surface area contributed by atoms with Crippen LogP contribution in [-0.2, 0) is 18.4 Å². The third kappa shape index (κ3) is 1.59. The van der Waals surface area contributed by atoms with Gasteiger partial charge in [0.05, 0.1) is 12.2 Å². The lowest BCUT2D eigenvalue weighted by atomic mass is 10.4. The zero-order valence-electron chi connectivity index (χ0n) is 7.73. The molecule has 0 aromatic carbocycles. The van der Waals surface area contributed by atoms with Gasteiger partial charge in [0.2, 0.25) is 5.91 Å². The van der Waals surface area contributed by atoms with Crippen molar-refractivity contribution >= 4 is 11.9 Å². The number of aryl methyl sites for hydroxylation is 1. The monoisotopic (exact) mass is 194 g/mol. The summed E-state index contributed by atoms with van der Waals surface area (Å²) in [6.45, 7) is 0.494. The lowest BCUT2D eigenvalue weighted by Crippen LogP contribution is -2.27. The Bertz CT molecular complexity index is 384. The van der Waals surface area contributed by atoms with Crippen LogP contribution in [0.4, 0.5) is 4.79 Å². The lowest BCUT2D eigenvalue weighted by molar-refractivity contribution is -0.118. The van der Waals surface area contributed by atoms with Gasteiger partial charge in [0, 0.05) is 13.2 Å². The van der Waals surface area contributed by atoms with E-state index in [0.717, 1.165) is 5.69 Å². The summed E-state index contributed by atoms with van der Waals surface area (Å²) in [5, 5.41) is 6.32. The van der Waals surface area contributed by atoms with Gasteiger partial charge in [-0.1, -0.05) is 0 Å². The van der Waals surface area contributed by atoms with E-state index in [2.05, 4.69) is 10.4 Å².